The van der Waals surface area contributed by atoms with Gasteiger partial charge in [0.15, 0.2) is 0 Å². The molecule has 0 amide bonds. The largest absolute Gasteiger partial charge is 0.257 e. The zero-order valence-electron chi connectivity index (χ0n) is 8.83. The second-order valence-electron chi connectivity index (χ2n) is 4.00. The van der Waals surface area contributed by atoms with E-state index in [0.717, 1.165) is 17.3 Å². The van der Waals surface area contributed by atoms with E-state index in [2.05, 4.69) is 21.0 Å². The molecule has 1 aromatic heterocycles. The molecule has 2 rings (SSSR count). The normalized spacial score (nSPS) is 26.1. The number of hydrogen-bond donors (Lipinski definition) is 0. The first kappa shape index (κ1) is 11.8. The van der Waals surface area contributed by atoms with Gasteiger partial charge < -0.3 is 0 Å². The van der Waals surface area contributed by atoms with Gasteiger partial charge in [-0.05, 0) is 25.0 Å². The summed E-state index contributed by atoms with van der Waals surface area (Å²) in [6.45, 7) is 2.03. The molecule has 2 atom stereocenters. The molecule has 1 aromatic rings. The van der Waals surface area contributed by atoms with Crippen molar-refractivity contribution >= 4 is 39.3 Å². The summed E-state index contributed by atoms with van der Waals surface area (Å²) in [6.07, 6.45) is 1.04. The highest BCUT2D eigenvalue weighted by molar-refractivity contribution is 9.09. The van der Waals surface area contributed by atoms with Crippen LogP contribution in [0.3, 0.4) is 0 Å². The molecule has 2 nitrogen and oxygen atoms in total. The predicted molar refractivity (Wildman–Crippen MR) is 70.2 cm³/mol. The lowest BCUT2D eigenvalue weighted by atomic mass is 9.99. The van der Waals surface area contributed by atoms with Gasteiger partial charge in [-0.15, -0.1) is 0 Å². The summed E-state index contributed by atoms with van der Waals surface area (Å²) in [4.78, 5) is 0.623. The number of thioether (sulfide) groups is 1. The van der Waals surface area contributed by atoms with Crippen LogP contribution in [0.1, 0.15) is 11.3 Å². The smallest absolute Gasteiger partial charge is 0.130 e. The fourth-order valence-corrected chi connectivity index (χ4v) is 4.65. The summed E-state index contributed by atoms with van der Waals surface area (Å²) in [7, 11) is 1.90. The Morgan fingerprint density at radius 1 is 1.60 bits per heavy atom. The number of aromatic nitrogens is 2. The van der Waals surface area contributed by atoms with Gasteiger partial charge in [0.05, 0.1) is 5.69 Å². The fraction of sp³-hybridized carbons (Fsp3) is 0.700. The molecule has 0 saturated carbocycles. The van der Waals surface area contributed by atoms with Gasteiger partial charge >= 0.3 is 0 Å². The van der Waals surface area contributed by atoms with Crippen molar-refractivity contribution in [1.82, 2.24) is 9.78 Å². The average molecular weight is 310 g/mol. The molecule has 0 radical (unpaired) electrons. The molecule has 0 aliphatic carbocycles. The number of hydrogen-bond acceptors (Lipinski definition) is 2. The standard InChI is InChI=1S/C10H14BrClN2S/c1-6-8(10(12)14(2)13-6)3-7-4-15-5-9(7)11/h7,9H,3-5H2,1-2H3. The topological polar surface area (TPSA) is 17.8 Å². The quantitative estimate of drug-likeness (QED) is 0.782. The zero-order valence-corrected chi connectivity index (χ0v) is 12.0. The van der Waals surface area contributed by atoms with Crippen molar-refractivity contribution in [3.63, 3.8) is 0 Å². The Balaban J connectivity index is 2.16. The maximum atomic E-state index is 6.22. The Bertz CT molecular complexity index is 367. The van der Waals surface area contributed by atoms with E-state index in [1.54, 1.807) is 4.68 Å². The van der Waals surface area contributed by atoms with Crippen molar-refractivity contribution in [2.24, 2.45) is 13.0 Å². The minimum atomic E-state index is 0.623. The maximum Gasteiger partial charge on any atom is 0.130 e. The number of alkyl halides is 1. The molecule has 0 bridgehead atoms. The van der Waals surface area contributed by atoms with Crippen LogP contribution in [-0.4, -0.2) is 26.1 Å². The van der Waals surface area contributed by atoms with Crippen molar-refractivity contribution in [2.45, 2.75) is 18.2 Å². The van der Waals surface area contributed by atoms with Crippen LogP contribution in [0.5, 0.6) is 0 Å². The number of aryl methyl sites for hydroxylation is 2. The number of rotatable bonds is 2. The molecule has 15 heavy (non-hydrogen) atoms. The molecular formula is C10H14BrClN2S. The lowest BCUT2D eigenvalue weighted by Gasteiger charge is -2.12. The van der Waals surface area contributed by atoms with Gasteiger partial charge in [-0.3, -0.25) is 4.68 Å². The van der Waals surface area contributed by atoms with Gasteiger partial charge in [0, 0.05) is 23.2 Å². The molecule has 1 aliphatic heterocycles. The van der Waals surface area contributed by atoms with Gasteiger partial charge in [-0.2, -0.15) is 16.9 Å². The molecule has 5 heteroatoms. The Hall–Kier alpha value is 0.330. The zero-order chi connectivity index (χ0) is 11.0. The Morgan fingerprint density at radius 2 is 2.33 bits per heavy atom. The van der Waals surface area contributed by atoms with Gasteiger partial charge in [-0.25, -0.2) is 0 Å². The fourth-order valence-electron chi connectivity index (χ4n) is 1.93. The second kappa shape index (κ2) is 4.68. The highest BCUT2D eigenvalue weighted by Gasteiger charge is 2.27. The van der Waals surface area contributed by atoms with Crippen LogP contribution in [0.25, 0.3) is 0 Å². The van der Waals surface area contributed by atoms with E-state index in [4.69, 9.17) is 11.6 Å². The van der Waals surface area contributed by atoms with Crippen LogP contribution in [-0.2, 0) is 13.5 Å². The van der Waals surface area contributed by atoms with Crippen LogP contribution in [0, 0.1) is 12.8 Å². The first-order chi connectivity index (χ1) is 7.09. The van der Waals surface area contributed by atoms with Crippen LogP contribution < -0.4 is 0 Å². The summed E-state index contributed by atoms with van der Waals surface area (Å²) in [6, 6.07) is 0. The lowest BCUT2D eigenvalue weighted by Crippen LogP contribution is -2.14. The molecule has 0 spiro atoms. The molecule has 2 unspecified atom stereocenters. The Morgan fingerprint density at radius 3 is 2.80 bits per heavy atom. The van der Waals surface area contributed by atoms with E-state index >= 15 is 0 Å². The SMILES string of the molecule is Cc1nn(C)c(Cl)c1CC1CSCC1Br. The van der Waals surface area contributed by atoms with Gasteiger partial charge in [0.1, 0.15) is 5.15 Å². The van der Waals surface area contributed by atoms with E-state index in [-0.39, 0.29) is 0 Å². The van der Waals surface area contributed by atoms with Crippen molar-refractivity contribution < 1.29 is 0 Å². The van der Waals surface area contributed by atoms with Crippen molar-refractivity contribution in [3.8, 4) is 0 Å². The first-order valence-corrected chi connectivity index (χ1v) is 7.44. The lowest BCUT2D eigenvalue weighted by molar-refractivity contribution is 0.614. The van der Waals surface area contributed by atoms with Crippen LogP contribution in [0.4, 0.5) is 0 Å². The molecule has 1 aliphatic rings. The molecule has 2 heterocycles. The number of halogens is 2. The van der Waals surface area contributed by atoms with E-state index < -0.39 is 0 Å². The van der Waals surface area contributed by atoms with E-state index in [9.17, 15) is 0 Å². The van der Waals surface area contributed by atoms with Gasteiger partial charge in [-0.1, -0.05) is 27.5 Å². The maximum absolute atomic E-state index is 6.22. The first-order valence-electron chi connectivity index (χ1n) is 4.99. The monoisotopic (exact) mass is 308 g/mol. The highest BCUT2D eigenvalue weighted by Crippen LogP contribution is 2.34. The summed E-state index contributed by atoms with van der Waals surface area (Å²) in [5, 5.41) is 5.14. The van der Waals surface area contributed by atoms with Gasteiger partial charge in [0.25, 0.3) is 0 Å². The highest BCUT2D eigenvalue weighted by atomic mass is 79.9. The average Bonchev–Trinajstić information content (AvgIpc) is 2.67. The third-order valence-electron chi connectivity index (χ3n) is 2.86. The minimum Gasteiger partial charge on any atom is -0.257 e. The third-order valence-corrected chi connectivity index (χ3v) is 6.09. The molecule has 1 saturated heterocycles. The van der Waals surface area contributed by atoms with E-state index in [1.807, 2.05) is 25.7 Å². The van der Waals surface area contributed by atoms with Crippen molar-refractivity contribution in [1.29, 1.82) is 0 Å². The van der Waals surface area contributed by atoms with Crippen LogP contribution >= 0.6 is 39.3 Å². The van der Waals surface area contributed by atoms with Crippen molar-refractivity contribution in [2.75, 3.05) is 11.5 Å². The predicted octanol–water partition coefficient (Wildman–Crippen LogP) is 3.05. The summed E-state index contributed by atoms with van der Waals surface area (Å²) in [5.74, 6) is 3.12. The third kappa shape index (κ3) is 2.37. The molecular weight excluding hydrogens is 296 g/mol. The minimum absolute atomic E-state index is 0.623. The van der Waals surface area contributed by atoms with E-state index in [0.29, 0.717) is 10.7 Å². The Labute approximate surface area is 108 Å². The summed E-state index contributed by atoms with van der Waals surface area (Å²) >= 11 is 12.0. The van der Waals surface area contributed by atoms with Gasteiger partial charge in [0.2, 0.25) is 0 Å². The van der Waals surface area contributed by atoms with Crippen molar-refractivity contribution in [3.05, 3.63) is 16.4 Å². The molecule has 84 valence electrons. The molecule has 0 aromatic carbocycles. The number of nitrogens with zero attached hydrogens (tertiary/aromatic N) is 2. The second-order valence-corrected chi connectivity index (χ2v) is 6.61. The molecule has 0 N–H and O–H groups in total. The van der Waals surface area contributed by atoms with Crippen LogP contribution in [0.2, 0.25) is 5.15 Å². The summed E-state index contributed by atoms with van der Waals surface area (Å²) < 4.78 is 1.76. The summed E-state index contributed by atoms with van der Waals surface area (Å²) in [5.41, 5.74) is 2.29. The van der Waals surface area contributed by atoms with E-state index in [1.165, 1.54) is 17.1 Å². The molecule has 1 fully saturated rings. The Kier molecular flexibility index (Phi) is 3.68. The van der Waals surface area contributed by atoms with Crippen LogP contribution in [0.15, 0.2) is 0 Å².